The fourth-order valence-corrected chi connectivity index (χ4v) is 15.8. The minimum atomic E-state index is -1.66. The van der Waals surface area contributed by atoms with Crippen molar-refractivity contribution in [2.75, 3.05) is 65.4 Å². The molecule has 1 aliphatic carbocycles. The van der Waals surface area contributed by atoms with Crippen LogP contribution in [0.3, 0.4) is 0 Å². The van der Waals surface area contributed by atoms with Gasteiger partial charge in [-0.15, -0.1) is 0 Å². The van der Waals surface area contributed by atoms with Crippen molar-refractivity contribution in [3.8, 4) is 0 Å². The van der Waals surface area contributed by atoms with E-state index in [1.54, 1.807) is 32.6 Å². The maximum absolute atomic E-state index is 14.4. The lowest BCUT2D eigenvalue weighted by Gasteiger charge is -2.42. The Bertz CT molecular complexity index is 3530. The first-order chi connectivity index (χ1) is 52.9. The number of rotatable bonds is 37. The van der Waals surface area contributed by atoms with E-state index in [0.29, 0.717) is 57.3 Å². The normalized spacial score (nSPS) is 20.9. The van der Waals surface area contributed by atoms with Crippen molar-refractivity contribution in [3.63, 3.8) is 0 Å². The number of amides is 16. The fourth-order valence-electron chi connectivity index (χ4n) is 15.8. The van der Waals surface area contributed by atoms with Crippen molar-refractivity contribution >= 4 is 94.5 Å². The summed E-state index contributed by atoms with van der Waals surface area (Å²) >= 11 is 0. The van der Waals surface area contributed by atoms with Crippen LogP contribution in [0.5, 0.6) is 0 Å². The van der Waals surface area contributed by atoms with Crippen molar-refractivity contribution in [3.05, 3.63) is 0 Å². The van der Waals surface area contributed by atoms with E-state index in [1.165, 1.54) is 83.4 Å². The van der Waals surface area contributed by atoms with E-state index in [2.05, 4.69) is 87.9 Å². The summed E-state index contributed by atoms with van der Waals surface area (Å²) in [6, 6.07) is -5.12. The summed E-state index contributed by atoms with van der Waals surface area (Å²) in [4.78, 5) is 228. The summed E-state index contributed by atoms with van der Waals surface area (Å²) in [7, 11) is 0. The maximum Gasteiger partial charge on any atom is 0.248 e. The van der Waals surface area contributed by atoms with Gasteiger partial charge in [-0.2, -0.15) is 0 Å². The van der Waals surface area contributed by atoms with Crippen LogP contribution in [-0.4, -0.2) is 261 Å². The van der Waals surface area contributed by atoms with Crippen LogP contribution in [0, 0.1) is 17.8 Å². The molecule has 5 heterocycles. The van der Waals surface area contributed by atoms with Gasteiger partial charge in [0, 0.05) is 77.9 Å². The highest BCUT2D eigenvalue weighted by atomic mass is 16.2. The Morgan fingerprint density at radius 1 is 0.412 bits per heavy atom. The molecule has 14 N–H and O–H groups in total. The summed E-state index contributed by atoms with van der Waals surface area (Å²) in [5.74, 6) is -9.46. The monoisotopic (exact) mass is 1610 g/mol. The molecule has 8 atom stereocenters. The van der Waals surface area contributed by atoms with Crippen molar-refractivity contribution in [1.82, 2.24) is 88.7 Å². The van der Waals surface area contributed by atoms with Crippen LogP contribution in [-0.2, 0) is 76.7 Å². The van der Waals surface area contributed by atoms with E-state index in [9.17, 15) is 76.7 Å². The molecule has 5 saturated heterocycles. The van der Waals surface area contributed by atoms with E-state index < -0.39 is 165 Å². The van der Waals surface area contributed by atoms with E-state index in [1.807, 2.05) is 27.7 Å². The number of piperidine rings is 3. The standard InChI is InChI=1S/C80H136N18O16/c1-48(2)42-52(47-95-38-27-37-94-36-26-31-61(94)95)84-68(109)75(10,11)88-63(104)54(44-50(5)6)85-59(101)45-83-67(108)74(8,9)89-65(106)56-29-22-25-41-98(56)73(114)79(18,19)93-71(112)80(33-34-80)87-60(102)46-82-58(100)32-35-81-62(103)53(43-49(3)4)86-69(110)76(12,13)92-70(111)77(14,15)90-66(107)57-30-21-24-40-97(57)72(113)78(16,17)91-64(105)55-28-20-23-39-96(55)51(7)99/h48-50,52-57,61H,20-47H2,1-19H3,(H,81,103)(H,82,100)(H,83,108)(H,84,109)(H,85,101)(H,86,110)(H,87,102)(H,88,104)(H,89,106)(H,90,107)(H,91,105)(H,92,111)(H,93,112)/p+1. The van der Waals surface area contributed by atoms with E-state index in [4.69, 9.17) is 0 Å². The summed E-state index contributed by atoms with van der Waals surface area (Å²) in [6.07, 6.45) is 9.87. The number of hydrogen-bond acceptors (Lipinski definition) is 17. The minimum absolute atomic E-state index is 0.0529. The third kappa shape index (κ3) is 26.5. The van der Waals surface area contributed by atoms with Gasteiger partial charge in [0.05, 0.1) is 26.2 Å². The molecule has 0 aromatic heterocycles. The van der Waals surface area contributed by atoms with Gasteiger partial charge in [-0.1, -0.05) is 41.5 Å². The Balaban J connectivity index is 0.927. The van der Waals surface area contributed by atoms with Crippen LogP contribution in [0.1, 0.15) is 247 Å². The van der Waals surface area contributed by atoms with Gasteiger partial charge in [0.1, 0.15) is 75.1 Å². The van der Waals surface area contributed by atoms with Gasteiger partial charge in [-0.05, 0) is 191 Å². The average Bonchev–Trinajstić information content (AvgIpc) is 1.56. The second-order valence-electron chi connectivity index (χ2n) is 36.9. The Morgan fingerprint density at radius 2 is 0.860 bits per heavy atom. The molecule has 6 rings (SSSR count). The number of carbonyl (C=O) groups excluding carboxylic acids is 16. The SMILES string of the molecule is CC(=O)N1CCCCC1C(=O)NC(C)(C)C(=O)N1CCCCC1C(=O)NC(C)(C)C(=O)NC(C)(C)C(=O)NC(CC(C)C)C(=O)NCCC(=O)NCC(=O)NC1(C(=O)NC(C)(C)C(=O)N2CCCCC2C(=O)NC(C)(C)C(=O)NCC(=O)NC(CC(C)C)C(=O)NC(C)(C)C(=O)NC(CC(C)C)CN2CCC[NH+]3CCCC23)CC1. The van der Waals surface area contributed by atoms with Crippen LogP contribution in [0.2, 0.25) is 0 Å². The van der Waals surface area contributed by atoms with Crippen LogP contribution >= 0.6 is 0 Å². The molecule has 6 aliphatic rings. The highest BCUT2D eigenvalue weighted by Crippen LogP contribution is 2.37. The summed E-state index contributed by atoms with van der Waals surface area (Å²) < 4.78 is 0. The molecule has 642 valence electrons. The zero-order chi connectivity index (χ0) is 85.4. The molecule has 0 spiro atoms. The first-order valence-electron chi connectivity index (χ1n) is 41.4. The largest absolute Gasteiger partial charge is 0.354 e. The Morgan fingerprint density at radius 3 is 1.38 bits per heavy atom. The topological polar surface area (TPSA) is 447 Å². The van der Waals surface area contributed by atoms with Gasteiger partial charge in [0.2, 0.25) is 94.5 Å². The van der Waals surface area contributed by atoms with Gasteiger partial charge in [-0.25, -0.2) is 0 Å². The number of fused-ring (bicyclic) bond motifs is 1. The van der Waals surface area contributed by atoms with Gasteiger partial charge in [-0.3, -0.25) is 81.6 Å². The first-order valence-corrected chi connectivity index (χ1v) is 41.4. The molecule has 114 heavy (non-hydrogen) atoms. The molecule has 6 fully saturated rings. The van der Waals surface area contributed by atoms with E-state index in [0.717, 1.165) is 51.7 Å². The Hall–Kier alpha value is -8.56. The Kier molecular flexibility index (Phi) is 33.0. The fraction of sp³-hybridized carbons (Fsp3) is 0.800. The van der Waals surface area contributed by atoms with Crippen LogP contribution in [0.25, 0.3) is 0 Å². The second-order valence-corrected chi connectivity index (χ2v) is 36.9. The quantitative estimate of drug-likeness (QED) is 0.0362. The summed E-state index contributed by atoms with van der Waals surface area (Å²) in [5, 5.41) is 35.6. The number of carbonyl (C=O) groups is 16. The van der Waals surface area contributed by atoms with Crippen molar-refractivity contribution in [1.29, 1.82) is 0 Å². The highest BCUT2D eigenvalue weighted by molar-refractivity contribution is 6.03. The third-order valence-corrected chi connectivity index (χ3v) is 22.4. The molecular formula is C80H137N18O16+. The zero-order valence-electron chi connectivity index (χ0n) is 71.4. The van der Waals surface area contributed by atoms with Gasteiger partial charge in [0.15, 0.2) is 0 Å². The molecule has 34 nitrogen and oxygen atoms in total. The molecule has 0 aromatic rings. The first kappa shape index (κ1) is 94.3. The predicted molar refractivity (Wildman–Crippen MR) is 425 cm³/mol. The minimum Gasteiger partial charge on any atom is -0.354 e. The molecule has 34 heteroatoms. The molecule has 0 aromatic carbocycles. The molecule has 16 amide bonds. The predicted octanol–water partition coefficient (Wildman–Crippen LogP) is -0.791. The van der Waals surface area contributed by atoms with Crippen LogP contribution in [0.15, 0.2) is 0 Å². The van der Waals surface area contributed by atoms with Crippen molar-refractivity contribution < 1.29 is 81.6 Å². The molecule has 0 bridgehead atoms. The summed E-state index contributed by atoms with van der Waals surface area (Å²) in [6.45, 7) is 34.4. The number of quaternary nitrogens is 1. The lowest BCUT2D eigenvalue weighted by atomic mass is 9.93. The van der Waals surface area contributed by atoms with Crippen LogP contribution in [0.4, 0.5) is 0 Å². The smallest absolute Gasteiger partial charge is 0.248 e. The molecular weight excluding hydrogens is 1470 g/mol. The highest BCUT2D eigenvalue weighted by Gasteiger charge is 2.54. The van der Waals surface area contributed by atoms with E-state index in [-0.39, 0.29) is 94.3 Å². The lowest BCUT2D eigenvalue weighted by molar-refractivity contribution is -0.930. The van der Waals surface area contributed by atoms with E-state index >= 15 is 0 Å². The number of likely N-dealkylation sites (tertiary alicyclic amines) is 3. The van der Waals surface area contributed by atoms with Crippen LogP contribution < -0.4 is 74.0 Å². The number of hydrogen-bond donors (Lipinski definition) is 14. The molecule has 0 radical (unpaired) electrons. The van der Waals surface area contributed by atoms with Crippen molar-refractivity contribution in [2.24, 2.45) is 17.8 Å². The Labute approximate surface area is 673 Å². The van der Waals surface area contributed by atoms with Crippen molar-refractivity contribution in [2.45, 2.75) is 328 Å². The number of nitrogens with zero attached hydrogens (tertiary/aromatic N) is 4. The zero-order valence-corrected chi connectivity index (χ0v) is 71.4. The molecule has 5 aliphatic heterocycles. The summed E-state index contributed by atoms with van der Waals surface area (Å²) in [5.41, 5.74) is -10.8. The number of nitrogens with one attached hydrogen (secondary N) is 14. The van der Waals surface area contributed by atoms with Gasteiger partial charge in [0.25, 0.3) is 0 Å². The lowest BCUT2D eigenvalue weighted by Crippen LogP contribution is -3.16. The maximum atomic E-state index is 14.4. The second kappa shape index (κ2) is 39.9. The molecule has 1 saturated carbocycles. The third-order valence-electron chi connectivity index (χ3n) is 22.4. The average molecular weight is 1610 g/mol. The molecule has 8 unspecified atom stereocenters. The van der Waals surface area contributed by atoms with Gasteiger partial charge < -0.3 is 88.7 Å². The van der Waals surface area contributed by atoms with Gasteiger partial charge >= 0.3 is 0 Å².